The van der Waals surface area contributed by atoms with E-state index >= 15 is 0 Å². The van der Waals surface area contributed by atoms with Crippen LogP contribution in [0.5, 0.6) is 0 Å². The number of carbonyl (C=O) groups excluding carboxylic acids is 1. The van der Waals surface area contributed by atoms with E-state index in [9.17, 15) is 4.79 Å². The van der Waals surface area contributed by atoms with Crippen molar-refractivity contribution < 1.29 is 4.79 Å². The van der Waals surface area contributed by atoms with Crippen molar-refractivity contribution in [1.82, 2.24) is 19.7 Å². The monoisotopic (exact) mass is 425 g/mol. The molecule has 29 heavy (non-hydrogen) atoms. The number of H-pyrrole nitrogens is 1. The third-order valence-electron chi connectivity index (χ3n) is 4.74. The van der Waals surface area contributed by atoms with Crippen LogP contribution in [-0.4, -0.2) is 31.4 Å². The van der Waals surface area contributed by atoms with Crippen molar-refractivity contribution >= 4 is 45.9 Å². The van der Waals surface area contributed by atoms with E-state index in [0.717, 1.165) is 33.5 Å². The first-order chi connectivity index (χ1) is 14.1. The number of benzene rings is 2. The number of aromatic amines is 1. The van der Waals surface area contributed by atoms with Gasteiger partial charge in [0.1, 0.15) is 0 Å². The predicted octanol–water partition coefficient (Wildman–Crippen LogP) is 5.14. The molecule has 0 saturated heterocycles. The molecular formula is C21H20ClN5OS. The molecule has 0 bridgehead atoms. The fraction of sp³-hybridized carbons (Fsp3) is 0.190. The molecule has 8 heteroatoms. The Morgan fingerprint density at radius 1 is 1.21 bits per heavy atom. The van der Waals surface area contributed by atoms with E-state index in [0.29, 0.717) is 16.7 Å². The Kier molecular flexibility index (Phi) is 5.60. The largest absolute Gasteiger partial charge is 0.360 e. The zero-order valence-corrected chi connectivity index (χ0v) is 17.6. The maximum absolute atomic E-state index is 12.4. The molecule has 0 aliphatic carbocycles. The van der Waals surface area contributed by atoms with Crippen molar-refractivity contribution in [3.8, 4) is 11.4 Å². The van der Waals surface area contributed by atoms with E-state index in [1.54, 1.807) is 6.07 Å². The van der Waals surface area contributed by atoms with Gasteiger partial charge in [0.05, 0.1) is 5.75 Å². The molecule has 0 fully saturated rings. The Balaban J connectivity index is 1.51. The van der Waals surface area contributed by atoms with Gasteiger partial charge in [-0.3, -0.25) is 4.79 Å². The van der Waals surface area contributed by atoms with Crippen molar-refractivity contribution in [1.29, 1.82) is 0 Å². The molecule has 0 atom stereocenters. The Morgan fingerprint density at radius 2 is 2.03 bits per heavy atom. The number of fused-ring (bicyclic) bond motifs is 1. The highest BCUT2D eigenvalue weighted by Gasteiger charge is 2.17. The van der Waals surface area contributed by atoms with Crippen LogP contribution in [0, 0.1) is 6.92 Å². The van der Waals surface area contributed by atoms with Crippen LogP contribution in [0.1, 0.15) is 12.5 Å². The average Bonchev–Trinajstić information content (AvgIpc) is 3.33. The number of halogens is 1. The molecule has 0 radical (unpaired) electrons. The molecule has 2 aromatic carbocycles. The minimum absolute atomic E-state index is 0.111. The molecule has 4 aromatic rings. The van der Waals surface area contributed by atoms with Crippen molar-refractivity contribution in [2.45, 2.75) is 25.5 Å². The molecule has 4 rings (SSSR count). The number of carbonyl (C=O) groups is 1. The maximum atomic E-state index is 12.4. The first-order valence-corrected chi connectivity index (χ1v) is 10.6. The molecule has 2 aromatic heterocycles. The lowest BCUT2D eigenvalue weighted by Gasteiger charge is -2.10. The minimum atomic E-state index is -0.111. The van der Waals surface area contributed by atoms with Gasteiger partial charge >= 0.3 is 0 Å². The SMILES string of the molecule is CCn1c(SCC(=O)Nc2cccc(Cl)c2C)nnc1-c1c[nH]c2ccccc12. The number of nitrogens with one attached hydrogen (secondary N) is 2. The van der Waals surface area contributed by atoms with Crippen LogP contribution in [0.25, 0.3) is 22.3 Å². The molecular weight excluding hydrogens is 406 g/mol. The van der Waals surface area contributed by atoms with Crippen LogP contribution in [-0.2, 0) is 11.3 Å². The maximum Gasteiger partial charge on any atom is 0.234 e. The van der Waals surface area contributed by atoms with E-state index < -0.39 is 0 Å². The summed E-state index contributed by atoms with van der Waals surface area (Å²) in [6.07, 6.45) is 1.95. The van der Waals surface area contributed by atoms with Crippen LogP contribution in [0.15, 0.2) is 53.8 Å². The summed E-state index contributed by atoms with van der Waals surface area (Å²) < 4.78 is 2.03. The molecule has 2 heterocycles. The second kappa shape index (κ2) is 8.31. The van der Waals surface area contributed by atoms with Gasteiger partial charge in [0.25, 0.3) is 0 Å². The summed E-state index contributed by atoms with van der Waals surface area (Å²) >= 11 is 7.49. The van der Waals surface area contributed by atoms with Crippen LogP contribution >= 0.6 is 23.4 Å². The minimum Gasteiger partial charge on any atom is -0.360 e. The highest BCUT2D eigenvalue weighted by molar-refractivity contribution is 7.99. The van der Waals surface area contributed by atoms with Crippen molar-refractivity contribution in [3.05, 3.63) is 59.2 Å². The summed E-state index contributed by atoms with van der Waals surface area (Å²) in [7, 11) is 0. The van der Waals surface area contributed by atoms with Gasteiger partial charge in [-0.05, 0) is 37.6 Å². The number of thioether (sulfide) groups is 1. The molecule has 6 nitrogen and oxygen atoms in total. The fourth-order valence-electron chi connectivity index (χ4n) is 3.20. The third kappa shape index (κ3) is 3.88. The number of nitrogens with zero attached hydrogens (tertiary/aromatic N) is 3. The normalized spacial score (nSPS) is 11.1. The summed E-state index contributed by atoms with van der Waals surface area (Å²) in [6, 6.07) is 13.6. The highest BCUT2D eigenvalue weighted by atomic mass is 35.5. The van der Waals surface area contributed by atoms with Gasteiger partial charge in [0.15, 0.2) is 11.0 Å². The van der Waals surface area contributed by atoms with E-state index in [1.807, 2.05) is 54.9 Å². The van der Waals surface area contributed by atoms with Gasteiger partial charge in [-0.25, -0.2) is 0 Å². The van der Waals surface area contributed by atoms with Crippen molar-refractivity contribution in [2.24, 2.45) is 0 Å². The Labute approximate surface area is 177 Å². The zero-order chi connectivity index (χ0) is 20.4. The Bertz CT molecular complexity index is 1180. The summed E-state index contributed by atoms with van der Waals surface area (Å²) in [4.78, 5) is 15.7. The Morgan fingerprint density at radius 3 is 2.86 bits per heavy atom. The number of hydrogen-bond acceptors (Lipinski definition) is 4. The first kappa shape index (κ1) is 19.5. The molecule has 1 amide bonds. The summed E-state index contributed by atoms with van der Waals surface area (Å²) in [5, 5.41) is 14.1. The standard InChI is InChI=1S/C21H20ClN5OS/c1-3-27-20(15-11-23-18-9-5-4-7-14(15)18)25-26-21(27)29-12-19(28)24-17-10-6-8-16(22)13(17)2/h4-11,23H,3,12H2,1-2H3,(H,24,28). The number of aromatic nitrogens is 4. The van der Waals surface area contributed by atoms with Gasteiger partial charge in [-0.1, -0.05) is 47.6 Å². The summed E-state index contributed by atoms with van der Waals surface area (Å²) in [5.41, 5.74) is 3.63. The van der Waals surface area contributed by atoms with Gasteiger partial charge in [-0.2, -0.15) is 0 Å². The number of rotatable bonds is 6. The van der Waals surface area contributed by atoms with E-state index in [4.69, 9.17) is 11.6 Å². The quantitative estimate of drug-likeness (QED) is 0.419. The second-order valence-corrected chi connectivity index (χ2v) is 7.90. The average molecular weight is 426 g/mol. The lowest BCUT2D eigenvalue weighted by molar-refractivity contribution is -0.113. The summed E-state index contributed by atoms with van der Waals surface area (Å²) in [6.45, 7) is 4.63. The number of hydrogen-bond donors (Lipinski definition) is 2. The van der Waals surface area contributed by atoms with E-state index in [-0.39, 0.29) is 11.7 Å². The van der Waals surface area contributed by atoms with Crippen LogP contribution in [0.4, 0.5) is 5.69 Å². The number of anilines is 1. The molecule has 0 unspecified atom stereocenters. The van der Waals surface area contributed by atoms with Gasteiger partial charge in [0.2, 0.25) is 5.91 Å². The molecule has 2 N–H and O–H groups in total. The van der Waals surface area contributed by atoms with Crippen LogP contribution in [0.2, 0.25) is 5.02 Å². The second-order valence-electron chi connectivity index (χ2n) is 6.55. The van der Waals surface area contributed by atoms with Crippen molar-refractivity contribution in [2.75, 3.05) is 11.1 Å². The molecule has 0 saturated carbocycles. The molecule has 0 aliphatic heterocycles. The smallest absolute Gasteiger partial charge is 0.234 e. The van der Waals surface area contributed by atoms with E-state index in [2.05, 4.69) is 26.6 Å². The van der Waals surface area contributed by atoms with Crippen LogP contribution < -0.4 is 5.32 Å². The first-order valence-electron chi connectivity index (χ1n) is 9.26. The number of amides is 1. The lowest BCUT2D eigenvalue weighted by Crippen LogP contribution is -2.15. The van der Waals surface area contributed by atoms with Gasteiger partial charge < -0.3 is 14.9 Å². The van der Waals surface area contributed by atoms with Gasteiger partial charge in [0, 0.05) is 39.9 Å². The highest BCUT2D eigenvalue weighted by Crippen LogP contribution is 2.30. The lowest BCUT2D eigenvalue weighted by atomic mass is 10.1. The zero-order valence-electron chi connectivity index (χ0n) is 16.1. The van der Waals surface area contributed by atoms with E-state index in [1.165, 1.54) is 11.8 Å². The summed E-state index contributed by atoms with van der Waals surface area (Å²) in [5.74, 6) is 0.913. The fourth-order valence-corrected chi connectivity index (χ4v) is 4.17. The Hall–Kier alpha value is -2.77. The third-order valence-corrected chi connectivity index (χ3v) is 6.11. The molecule has 0 spiro atoms. The molecule has 0 aliphatic rings. The van der Waals surface area contributed by atoms with Crippen molar-refractivity contribution in [3.63, 3.8) is 0 Å². The number of para-hydroxylation sites is 1. The van der Waals surface area contributed by atoms with Crippen LogP contribution in [0.3, 0.4) is 0 Å². The predicted molar refractivity (Wildman–Crippen MR) is 119 cm³/mol. The molecule has 148 valence electrons. The van der Waals surface area contributed by atoms with Gasteiger partial charge in [-0.15, -0.1) is 10.2 Å². The topological polar surface area (TPSA) is 75.6 Å².